The Balaban J connectivity index is 2.54. The summed E-state index contributed by atoms with van der Waals surface area (Å²) in [5.74, 6) is 0.421. The molecule has 4 heteroatoms. The van der Waals surface area contributed by atoms with Gasteiger partial charge in [-0.15, -0.1) is 0 Å². The number of sulfonamides is 1. The lowest BCUT2D eigenvalue weighted by atomic mass is 10.1. The second-order valence-electron chi connectivity index (χ2n) is 3.22. The number of nitrogens with zero attached hydrogens (tertiary/aromatic N) is 1. The molecule has 0 aromatic rings. The van der Waals surface area contributed by atoms with Gasteiger partial charge in [-0.2, -0.15) is 0 Å². The van der Waals surface area contributed by atoms with Gasteiger partial charge in [0.05, 0.1) is 6.26 Å². The van der Waals surface area contributed by atoms with Crippen LogP contribution >= 0.6 is 0 Å². The minimum absolute atomic E-state index is 0.421. The Labute approximate surface area is 74.1 Å². The molecule has 0 fully saturated rings. The molecule has 0 aromatic heterocycles. The SMILES string of the molecule is CCCC1C=CN(S(C)(=O)=O)C1. The van der Waals surface area contributed by atoms with Crippen LogP contribution in [0.4, 0.5) is 0 Å². The molecule has 0 bridgehead atoms. The third kappa shape index (κ3) is 2.24. The molecular weight excluding hydrogens is 174 g/mol. The largest absolute Gasteiger partial charge is 0.277 e. The fourth-order valence-corrected chi connectivity index (χ4v) is 2.13. The van der Waals surface area contributed by atoms with Gasteiger partial charge in [-0.25, -0.2) is 8.42 Å². The van der Waals surface area contributed by atoms with Crippen molar-refractivity contribution >= 4 is 10.0 Å². The lowest BCUT2D eigenvalue weighted by Gasteiger charge is -2.14. The highest BCUT2D eigenvalue weighted by molar-refractivity contribution is 7.88. The molecular formula is C8H15NO2S. The normalized spacial score (nSPS) is 23.5. The molecule has 0 amide bonds. The predicted octanol–water partition coefficient (Wildman–Crippen LogP) is 1.19. The molecule has 1 heterocycles. The number of rotatable bonds is 3. The van der Waals surface area contributed by atoms with Crippen molar-refractivity contribution in [1.29, 1.82) is 0 Å². The van der Waals surface area contributed by atoms with Crippen LogP contribution in [0.25, 0.3) is 0 Å². The minimum Gasteiger partial charge on any atom is -0.277 e. The molecule has 1 rings (SSSR count). The van der Waals surface area contributed by atoms with Crippen LogP contribution in [0.5, 0.6) is 0 Å². The van der Waals surface area contributed by atoms with E-state index in [1.807, 2.05) is 6.08 Å². The Morgan fingerprint density at radius 2 is 2.25 bits per heavy atom. The first kappa shape index (κ1) is 9.58. The van der Waals surface area contributed by atoms with Crippen LogP contribution in [-0.2, 0) is 10.0 Å². The molecule has 1 aliphatic rings. The Hall–Kier alpha value is -0.510. The lowest BCUT2D eigenvalue weighted by molar-refractivity contribution is 0.469. The van der Waals surface area contributed by atoms with Crippen LogP contribution < -0.4 is 0 Å². The molecule has 0 saturated heterocycles. The van der Waals surface area contributed by atoms with Crippen LogP contribution in [0.3, 0.4) is 0 Å². The summed E-state index contributed by atoms with van der Waals surface area (Å²) in [6.45, 7) is 2.74. The van der Waals surface area contributed by atoms with E-state index in [2.05, 4.69) is 6.92 Å². The Morgan fingerprint density at radius 1 is 1.58 bits per heavy atom. The van der Waals surface area contributed by atoms with Crippen molar-refractivity contribution in [2.45, 2.75) is 19.8 Å². The molecule has 0 spiro atoms. The topological polar surface area (TPSA) is 37.4 Å². The van der Waals surface area contributed by atoms with E-state index >= 15 is 0 Å². The van der Waals surface area contributed by atoms with Gasteiger partial charge < -0.3 is 0 Å². The van der Waals surface area contributed by atoms with Crippen LogP contribution in [-0.4, -0.2) is 25.5 Å². The highest BCUT2D eigenvalue weighted by Gasteiger charge is 2.21. The van der Waals surface area contributed by atoms with Gasteiger partial charge in [0.15, 0.2) is 0 Å². The second kappa shape index (κ2) is 3.47. The highest BCUT2D eigenvalue weighted by atomic mass is 32.2. The molecule has 0 aliphatic carbocycles. The van der Waals surface area contributed by atoms with Gasteiger partial charge in [0.25, 0.3) is 0 Å². The molecule has 0 radical (unpaired) electrons. The fourth-order valence-electron chi connectivity index (χ4n) is 1.37. The molecule has 12 heavy (non-hydrogen) atoms. The summed E-state index contributed by atoms with van der Waals surface area (Å²) in [6, 6.07) is 0. The van der Waals surface area contributed by atoms with Crippen molar-refractivity contribution in [1.82, 2.24) is 4.31 Å². The van der Waals surface area contributed by atoms with E-state index < -0.39 is 10.0 Å². The molecule has 1 aliphatic heterocycles. The van der Waals surface area contributed by atoms with Crippen molar-refractivity contribution in [3.8, 4) is 0 Å². The van der Waals surface area contributed by atoms with Gasteiger partial charge in [-0.3, -0.25) is 4.31 Å². The monoisotopic (exact) mass is 189 g/mol. The first-order valence-corrected chi connectivity index (χ1v) is 6.04. The maximum atomic E-state index is 11.1. The zero-order valence-electron chi connectivity index (χ0n) is 7.53. The summed E-state index contributed by atoms with van der Waals surface area (Å²) >= 11 is 0. The maximum absolute atomic E-state index is 11.1. The quantitative estimate of drug-likeness (QED) is 0.669. The van der Waals surface area contributed by atoms with Crippen LogP contribution in [0.1, 0.15) is 19.8 Å². The summed E-state index contributed by atoms with van der Waals surface area (Å²) in [5, 5.41) is 0. The van der Waals surface area contributed by atoms with Crippen molar-refractivity contribution in [2.24, 2.45) is 5.92 Å². The Kier molecular flexibility index (Phi) is 2.77. The third-order valence-electron chi connectivity index (χ3n) is 2.02. The van der Waals surface area contributed by atoms with Crippen molar-refractivity contribution < 1.29 is 8.42 Å². The molecule has 3 nitrogen and oxygen atoms in total. The second-order valence-corrected chi connectivity index (χ2v) is 5.16. The molecule has 70 valence electrons. The summed E-state index contributed by atoms with van der Waals surface area (Å²) in [5.41, 5.74) is 0. The van der Waals surface area contributed by atoms with E-state index in [0.29, 0.717) is 12.5 Å². The van der Waals surface area contributed by atoms with Crippen molar-refractivity contribution in [2.75, 3.05) is 12.8 Å². The van der Waals surface area contributed by atoms with E-state index in [0.717, 1.165) is 12.8 Å². The van der Waals surface area contributed by atoms with E-state index in [1.165, 1.54) is 10.6 Å². The van der Waals surface area contributed by atoms with E-state index in [4.69, 9.17) is 0 Å². The molecule has 1 atom stereocenters. The van der Waals surface area contributed by atoms with Crippen LogP contribution in [0.15, 0.2) is 12.3 Å². The Bertz CT molecular complexity index is 269. The van der Waals surface area contributed by atoms with Crippen LogP contribution in [0, 0.1) is 5.92 Å². The molecule has 1 unspecified atom stereocenters. The van der Waals surface area contributed by atoms with Crippen molar-refractivity contribution in [3.63, 3.8) is 0 Å². The highest BCUT2D eigenvalue weighted by Crippen LogP contribution is 2.19. The Morgan fingerprint density at radius 3 is 2.67 bits per heavy atom. The number of hydrogen-bond donors (Lipinski definition) is 0. The van der Waals surface area contributed by atoms with Gasteiger partial charge >= 0.3 is 0 Å². The summed E-state index contributed by atoms with van der Waals surface area (Å²) in [4.78, 5) is 0. The van der Waals surface area contributed by atoms with Gasteiger partial charge in [0, 0.05) is 12.7 Å². The summed E-state index contributed by atoms with van der Waals surface area (Å²) in [6.07, 6.45) is 7.07. The smallest absolute Gasteiger partial charge is 0.231 e. The van der Waals surface area contributed by atoms with Gasteiger partial charge in [-0.1, -0.05) is 19.4 Å². The first-order valence-electron chi connectivity index (χ1n) is 4.19. The zero-order valence-corrected chi connectivity index (χ0v) is 8.34. The van der Waals surface area contributed by atoms with Gasteiger partial charge in [0.1, 0.15) is 0 Å². The molecule has 0 aromatic carbocycles. The summed E-state index contributed by atoms with van der Waals surface area (Å²) in [7, 11) is -3.01. The average molecular weight is 189 g/mol. The van der Waals surface area contributed by atoms with Crippen LogP contribution in [0.2, 0.25) is 0 Å². The zero-order chi connectivity index (χ0) is 9.19. The van der Waals surface area contributed by atoms with Crippen molar-refractivity contribution in [3.05, 3.63) is 12.3 Å². The number of hydrogen-bond acceptors (Lipinski definition) is 2. The predicted molar refractivity (Wildman–Crippen MR) is 49.1 cm³/mol. The standard InChI is InChI=1S/C8H15NO2S/c1-3-4-8-5-6-9(7-8)12(2,10)11/h5-6,8H,3-4,7H2,1-2H3. The molecule has 0 saturated carbocycles. The fraction of sp³-hybridized carbons (Fsp3) is 0.750. The van der Waals surface area contributed by atoms with E-state index in [9.17, 15) is 8.42 Å². The summed E-state index contributed by atoms with van der Waals surface area (Å²) < 4.78 is 23.5. The van der Waals surface area contributed by atoms with E-state index in [-0.39, 0.29) is 0 Å². The third-order valence-corrected chi connectivity index (χ3v) is 3.15. The molecule has 0 N–H and O–H groups in total. The first-order chi connectivity index (χ1) is 5.54. The lowest BCUT2D eigenvalue weighted by Crippen LogP contribution is -2.24. The average Bonchev–Trinajstić information content (AvgIpc) is 2.35. The minimum atomic E-state index is -3.01. The van der Waals surface area contributed by atoms with E-state index in [1.54, 1.807) is 6.20 Å². The maximum Gasteiger partial charge on any atom is 0.231 e. The van der Waals surface area contributed by atoms with Gasteiger partial charge in [0.2, 0.25) is 10.0 Å². The van der Waals surface area contributed by atoms with Gasteiger partial charge in [-0.05, 0) is 12.3 Å².